The lowest BCUT2D eigenvalue weighted by Crippen LogP contribution is -2.34. The van der Waals surface area contributed by atoms with Crippen LogP contribution in [0.5, 0.6) is 11.5 Å². The Morgan fingerprint density at radius 2 is 1.90 bits per heavy atom. The summed E-state index contributed by atoms with van der Waals surface area (Å²) in [6.45, 7) is 4.05. The van der Waals surface area contributed by atoms with Crippen molar-refractivity contribution in [3.8, 4) is 11.5 Å². The Balaban J connectivity index is 2.22. The number of hydrogen-bond acceptors (Lipinski definition) is 3. The van der Waals surface area contributed by atoms with Gasteiger partial charge in [-0.2, -0.15) is 0 Å². The van der Waals surface area contributed by atoms with Crippen LogP contribution in [-0.2, 0) is 6.42 Å². The van der Waals surface area contributed by atoms with Gasteiger partial charge in [0.2, 0.25) is 0 Å². The third-order valence-electron chi connectivity index (χ3n) is 3.57. The Morgan fingerprint density at radius 1 is 1.25 bits per heavy atom. The zero-order chi connectivity index (χ0) is 14.8. The smallest absolute Gasteiger partial charge is 0.162 e. The molecule has 0 aliphatic heterocycles. The summed E-state index contributed by atoms with van der Waals surface area (Å²) in [4.78, 5) is 0. The van der Waals surface area contributed by atoms with Crippen molar-refractivity contribution < 1.29 is 9.47 Å². The van der Waals surface area contributed by atoms with Crippen molar-refractivity contribution in [2.75, 3.05) is 7.11 Å². The van der Waals surface area contributed by atoms with Gasteiger partial charge in [-0.3, -0.25) is 0 Å². The summed E-state index contributed by atoms with van der Waals surface area (Å²) in [6.07, 6.45) is 5.90. The summed E-state index contributed by atoms with van der Waals surface area (Å²) in [7, 11) is 1.68. The monoisotopic (exact) mass is 341 g/mol. The topological polar surface area (TPSA) is 44.5 Å². The van der Waals surface area contributed by atoms with Crippen LogP contribution in [0.1, 0.15) is 45.1 Å². The quantitative estimate of drug-likeness (QED) is 0.878. The van der Waals surface area contributed by atoms with Gasteiger partial charge in [-0.1, -0.05) is 15.9 Å². The number of benzene rings is 1. The molecule has 0 aromatic heterocycles. The van der Waals surface area contributed by atoms with Gasteiger partial charge in [-0.05, 0) is 63.6 Å². The number of methoxy groups -OCH3 is 1. The third kappa shape index (κ3) is 4.13. The van der Waals surface area contributed by atoms with E-state index in [0.717, 1.165) is 40.8 Å². The van der Waals surface area contributed by atoms with Gasteiger partial charge >= 0.3 is 0 Å². The normalized spacial score (nSPS) is 16.4. The molecule has 1 fully saturated rings. The molecule has 1 aromatic rings. The fourth-order valence-corrected chi connectivity index (χ4v) is 3.10. The van der Waals surface area contributed by atoms with Crippen molar-refractivity contribution in [3.05, 3.63) is 22.2 Å². The highest BCUT2D eigenvalue weighted by atomic mass is 79.9. The van der Waals surface area contributed by atoms with Crippen LogP contribution < -0.4 is 15.2 Å². The van der Waals surface area contributed by atoms with E-state index in [-0.39, 0.29) is 5.54 Å². The van der Waals surface area contributed by atoms with Crippen LogP contribution in [0, 0.1) is 0 Å². The van der Waals surface area contributed by atoms with Gasteiger partial charge in [-0.25, -0.2) is 0 Å². The first-order valence-electron chi connectivity index (χ1n) is 7.21. The molecule has 3 nitrogen and oxygen atoms in total. The Kier molecular flexibility index (Phi) is 4.97. The molecular formula is C16H24BrNO2. The summed E-state index contributed by atoms with van der Waals surface area (Å²) >= 11 is 3.62. The summed E-state index contributed by atoms with van der Waals surface area (Å²) in [5.41, 5.74) is 7.00. The van der Waals surface area contributed by atoms with Crippen molar-refractivity contribution in [3.63, 3.8) is 0 Å². The van der Waals surface area contributed by atoms with E-state index in [4.69, 9.17) is 15.2 Å². The van der Waals surface area contributed by atoms with Crippen LogP contribution in [0.15, 0.2) is 16.6 Å². The lowest BCUT2D eigenvalue weighted by atomic mass is 9.96. The molecule has 0 atom stereocenters. The van der Waals surface area contributed by atoms with E-state index in [1.807, 2.05) is 26.0 Å². The minimum atomic E-state index is -0.249. The SMILES string of the molecule is COc1cc(CC(C)(C)N)c(Br)cc1OC1CCCC1. The van der Waals surface area contributed by atoms with Crippen LogP contribution in [-0.4, -0.2) is 18.8 Å². The predicted molar refractivity (Wildman–Crippen MR) is 85.5 cm³/mol. The minimum Gasteiger partial charge on any atom is -0.493 e. The first-order valence-corrected chi connectivity index (χ1v) is 8.00. The van der Waals surface area contributed by atoms with Gasteiger partial charge < -0.3 is 15.2 Å². The summed E-state index contributed by atoms with van der Waals surface area (Å²) in [6, 6.07) is 4.04. The Morgan fingerprint density at radius 3 is 2.45 bits per heavy atom. The molecule has 2 N–H and O–H groups in total. The standard InChI is InChI=1S/C16H24BrNO2/c1-16(2,18)10-11-8-14(19-3)15(9-13(11)17)20-12-6-4-5-7-12/h8-9,12H,4-7,10,18H2,1-3H3. The number of halogens is 1. The Bertz CT molecular complexity index is 462. The van der Waals surface area contributed by atoms with E-state index in [0.29, 0.717) is 6.10 Å². The maximum Gasteiger partial charge on any atom is 0.162 e. The highest BCUT2D eigenvalue weighted by Gasteiger charge is 2.21. The zero-order valence-corrected chi connectivity index (χ0v) is 14.1. The molecule has 0 radical (unpaired) electrons. The lowest BCUT2D eigenvalue weighted by Gasteiger charge is -2.22. The summed E-state index contributed by atoms with van der Waals surface area (Å²) in [5, 5.41) is 0. The van der Waals surface area contributed by atoms with E-state index >= 15 is 0 Å². The molecule has 0 unspecified atom stereocenters. The molecule has 1 saturated carbocycles. The van der Waals surface area contributed by atoms with Crippen molar-refractivity contribution in [2.45, 2.75) is 57.6 Å². The molecule has 0 amide bonds. The lowest BCUT2D eigenvalue weighted by molar-refractivity contribution is 0.200. The van der Waals surface area contributed by atoms with E-state index in [1.165, 1.54) is 12.8 Å². The van der Waals surface area contributed by atoms with Crippen molar-refractivity contribution in [1.82, 2.24) is 0 Å². The minimum absolute atomic E-state index is 0.249. The fraction of sp³-hybridized carbons (Fsp3) is 0.625. The summed E-state index contributed by atoms with van der Waals surface area (Å²) < 4.78 is 12.6. The average molecular weight is 342 g/mol. The maximum atomic E-state index is 6.11. The average Bonchev–Trinajstić information content (AvgIpc) is 2.84. The van der Waals surface area contributed by atoms with Gasteiger partial charge in [0, 0.05) is 10.0 Å². The van der Waals surface area contributed by atoms with Crippen molar-refractivity contribution >= 4 is 15.9 Å². The van der Waals surface area contributed by atoms with Gasteiger partial charge in [0.15, 0.2) is 11.5 Å². The highest BCUT2D eigenvalue weighted by molar-refractivity contribution is 9.10. The molecule has 1 aliphatic rings. The first-order chi connectivity index (χ1) is 9.39. The van der Waals surface area contributed by atoms with Gasteiger partial charge in [0.1, 0.15) is 0 Å². The van der Waals surface area contributed by atoms with Crippen LogP contribution in [0.2, 0.25) is 0 Å². The van der Waals surface area contributed by atoms with Crippen LogP contribution in [0.25, 0.3) is 0 Å². The van der Waals surface area contributed by atoms with Gasteiger partial charge in [0.25, 0.3) is 0 Å². The molecule has 20 heavy (non-hydrogen) atoms. The molecule has 112 valence electrons. The maximum absolute atomic E-state index is 6.11. The predicted octanol–water partition coefficient (Wildman–Crippen LogP) is 4.06. The molecule has 0 spiro atoms. The fourth-order valence-electron chi connectivity index (χ4n) is 2.64. The molecule has 1 aliphatic carbocycles. The van der Waals surface area contributed by atoms with Gasteiger partial charge in [0.05, 0.1) is 13.2 Å². The molecule has 0 heterocycles. The first kappa shape index (κ1) is 15.6. The zero-order valence-electron chi connectivity index (χ0n) is 12.5. The molecule has 1 aromatic carbocycles. The van der Waals surface area contributed by atoms with Crippen molar-refractivity contribution in [2.24, 2.45) is 5.73 Å². The van der Waals surface area contributed by atoms with E-state index in [9.17, 15) is 0 Å². The van der Waals surface area contributed by atoms with E-state index < -0.39 is 0 Å². The molecule has 0 saturated heterocycles. The third-order valence-corrected chi connectivity index (χ3v) is 4.31. The molecule has 0 bridgehead atoms. The molecule has 2 rings (SSSR count). The van der Waals surface area contributed by atoms with Crippen LogP contribution >= 0.6 is 15.9 Å². The Labute approximate surface area is 130 Å². The van der Waals surface area contributed by atoms with E-state index in [2.05, 4.69) is 15.9 Å². The van der Waals surface area contributed by atoms with Crippen LogP contribution in [0.3, 0.4) is 0 Å². The number of ether oxygens (including phenoxy) is 2. The second kappa shape index (κ2) is 6.35. The second-order valence-corrected chi connectivity index (χ2v) is 7.14. The van der Waals surface area contributed by atoms with E-state index in [1.54, 1.807) is 7.11 Å². The number of nitrogens with two attached hydrogens (primary N) is 1. The van der Waals surface area contributed by atoms with Crippen molar-refractivity contribution in [1.29, 1.82) is 0 Å². The largest absolute Gasteiger partial charge is 0.493 e. The molecule has 4 heteroatoms. The van der Waals surface area contributed by atoms with Gasteiger partial charge in [-0.15, -0.1) is 0 Å². The van der Waals surface area contributed by atoms with Crippen LogP contribution in [0.4, 0.5) is 0 Å². The number of rotatable bonds is 5. The highest BCUT2D eigenvalue weighted by Crippen LogP contribution is 2.37. The Hall–Kier alpha value is -0.740. The second-order valence-electron chi connectivity index (χ2n) is 6.28. The number of hydrogen-bond donors (Lipinski definition) is 1. The molecular weight excluding hydrogens is 318 g/mol. The summed E-state index contributed by atoms with van der Waals surface area (Å²) in [5.74, 6) is 1.62.